The molecule has 0 bridgehead atoms. The lowest BCUT2D eigenvalue weighted by molar-refractivity contribution is 0.559. The Bertz CT molecular complexity index is 1150. The zero-order valence-corrected chi connectivity index (χ0v) is 15.9. The van der Waals surface area contributed by atoms with Gasteiger partial charge < -0.3 is 8.98 Å². The molecule has 27 heavy (non-hydrogen) atoms. The Morgan fingerprint density at radius 1 is 1.11 bits per heavy atom. The fourth-order valence-corrected chi connectivity index (χ4v) is 3.99. The maximum absolute atomic E-state index is 11.9. The van der Waals surface area contributed by atoms with Gasteiger partial charge in [0.15, 0.2) is 11.0 Å². The molecule has 0 fully saturated rings. The van der Waals surface area contributed by atoms with Crippen molar-refractivity contribution >= 4 is 22.7 Å². The fraction of sp³-hybridized carbons (Fsp3) is 0.200. The number of thioether (sulfide) groups is 1. The van der Waals surface area contributed by atoms with E-state index in [0.29, 0.717) is 11.3 Å². The van der Waals surface area contributed by atoms with Gasteiger partial charge in [0, 0.05) is 41.7 Å². The number of benzene rings is 1. The third-order valence-corrected chi connectivity index (χ3v) is 5.33. The van der Waals surface area contributed by atoms with Crippen LogP contribution in [0, 0.1) is 6.92 Å². The highest BCUT2D eigenvalue weighted by Crippen LogP contribution is 2.28. The molecule has 0 saturated heterocycles. The number of pyridine rings is 1. The van der Waals surface area contributed by atoms with Crippen molar-refractivity contribution < 1.29 is 4.42 Å². The van der Waals surface area contributed by atoms with Crippen molar-refractivity contribution in [1.29, 1.82) is 0 Å². The maximum atomic E-state index is 11.9. The van der Waals surface area contributed by atoms with E-state index >= 15 is 0 Å². The number of aryl methyl sites for hydroxylation is 1. The average Bonchev–Trinajstić information content (AvgIpc) is 3.09. The molecule has 3 aromatic heterocycles. The van der Waals surface area contributed by atoms with Gasteiger partial charge in [-0.1, -0.05) is 23.9 Å². The van der Waals surface area contributed by atoms with Gasteiger partial charge in [-0.05, 0) is 43.2 Å². The second kappa shape index (κ2) is 7.36. The van der Waals surface area contributed by atoms with Crippen molar-refractivity contribution in [3.05, 3.63) is 70.3 Å². The van der Waals surface area contributed by atoms with Crippen molar-refractivity contribution in [2.24, 2.45) is 0 Å². The quantitative estimate of drug-likeness (QED) is 0.385. The van der Waals surface area contributed by atoms with Crippen LogP contribution in [-0.2, 0) is 12.3 Å². The molecule has 0 atom stereocenters. The smallest absolute Gasteiger partial charge is 0.336 e. The van der Waals surface area contributed by atoms with E-state index < -0.39 is 0 Å². The molecule has 6 nitrogen and oxygen atoms in total. The Morgan fingerprint density at radius 3 is 2.70 bits per heavy atom. The number of nitrogens with zero attached hydrogens (tertiary/aromatic N) is 4. The average molecular weight is 378 g/mol. The topological polar surface area (TPSA) is 73.8 Å². The minimum atomic E-state index is -0.335. The van der Waals surface area contributed by atoms with E-state index in [-0.39, 0.29) is 5.63 Å². The standard InChI is InChI=1S/C20H18N4O2S/c1-3-24-19(14-6-8-21-9-7-14)22-23-20(24)27-12-15-11-18(25)26-17-10-13(2)4-5-16(15)17/h4-11H,3,12H2,1-2H3. The van der Waals surface area contributed by atoms with Crippen molar-refractivity contribution in [2.75, 3.05) is 0 Å². The van der Waals surface area contributed by atoms with Crippen LogP contribution in [0.2, 0.25) is 0 Å². The molecule has 3 heterocycles. The van der Waals surface area contributed by atoms with Gasteiger partial charge in [0.2, 0.25) is 0 Å². The Labute approximate surface area is 160 Å². The summed E-state index contributed by atoms with van der Waals surface area (Å²) in [4.78, 5) is 16.0. The molecule has 4 aromatic rings. The molecule has 0 spiro atoms. The number of fused-ring (bicyclic) bond motifs is 1. The Hall–Kier alpha value is -2.93. The first-order chi connectivity index (χ1) is 13.2. The summed E-state index contributed by atoms with van der Waals surface area (Å²) in [5.74, 6) is 1.43. The van der Waals surface area contributed by atoms with Crippen LogP contribution < -0.4 is 5.63 Å². The summed E-state index contributed by atoms with van der Waals surface area (Å²) < 4.78 is 7.41. The molecular formula is C20H18N4O2S. The lowest BCUT2D eigenvalue weighted by atomic mass is 10.1. The predicted molar refractivity (Wildman–Crippen MR) is 106 cm³/mol. The summed E-state index contributed by atoms with van der Waals surface area (Å²) in [6.45, 7) is 4.79. The monoisotopic (exact) mass is 378 g/mol. The highest BCUT2D eigenvalue weighted by atomic mass is 32.2. The molecule has 0 aliphatic heterocycles. The predicted octanol–water partition coefficient (Wildman–Crippen LogP) is 4.07. The largest absolute Gasteiger partial charge is 0.423 e. The van der Waals surface area contributed by atoms with Crippen molar-refractivity contribution in [3.8, 4) is 11.4 Å². The van der Waals surface area contributed by atoms with Gasteiger partial charge in [0.1, 0.15) is 5.58 Å². The van der Waals surface area contributed by atoms with Gasteiger partial charge in [-0.25, -0.2) is 4.79 Å². The van der Waals surface area contributed by atoms with Gasteiger partial charge in [0.05, 0.1) is 0 Å². The molecule has 0 aliphatic rings. The summed E-state index contributed by atoms with van der Waals surface area (Å²) in [5, 5.41) is 10.5. The van der Waals surface area contributed by atoms with E-state index in [4.69, 9.17) is 4.42 Å². The molecule has 0 radical (unpaired) electrons. The third-order valence-electron chi connectivity index (χ3n) is 4.31. The fourth-order valence-electron chi connectivity index (χ4n) is 2.99. The first-order valence-electron chi connectivity index (χ1n) is 8.65. The minimum absolute atomic E-state index is 0.335. The van der Waals surface area contributed by atoms with Crippen LogP contribution in [0.5, 0.6) is 0 Å². The third kappa shape index (κ3) is 3.50. The van der Waals surface area contributed by atoms with Crippen LogP contribution in [0.3, 0.4) is 0 Å². The van der Waals surface area contributed by atoms with E-state index in [1.54, 1.807) is 30.2 Å². The number of rotatable bonds is 5. The molecule has 7 heteroatoms. The van der Waals surface area contributed by atoms with Crippen LogP contribution >= 0.6 is 11.8 Å². The normalized spacial score (nSPS) is 11.2. The minimum Gasteiger partial charge on any atom is -0.423 e. The van der Waals surface area contributed by atoms with Gasteiger partial charge >= 0.3 is 5.63 Å². The second-order valence-corrected chi connectivity index (χ2v) is 7.11. The highest BCUT2D eigenvalue weighted by molar-refractivity contribution is 7.98. The molecule has 136 valence electrons. The number of aromatic nitrogens is 4. The summed E-state index contributed by atoms with van der Waals surface area (Å²) in [7, 11) is 0. The molecular weight excluding hydrogens is 360 g/mol. The van der Waals surface area contributed by atoms with Crippen molar-refractivity contribution in [2.45, 2.75) is 31.3 Å². The summed E-state index contributed by atoms with van der Waals surface area (Å²) in [6, 6.07) is 11.3. The molecule has 1 aromatic carbocycles. The Kier molecular flexibility index (Phi) is 4.77. The first kappa shape index (κ1) is 17.5. The molecule has 4 rings (SSSR count). The van der Waals surface area contributed by atoms with Crippen LogP contribution in [0.25, 0.3) is 22.4 Å². The van der Waals surface area contributed by atoms with Gasteiger partial charge in [-0.3, -0.25) is 4.98 Å². The Morgan fingerprint density at radius 2 is 1.93 bits per heavy atom. The van der Waals surface area contributed by atoms with E-state index in [1.807, 2.05) is 37.3 Å². The second-order valence-electron chi connectivity index (χ2n) is 6.17. The first-order valence-corrected chi connectivity index (χ1v) is 9.64. The summed E-state index contributed by atoms with van der Waals surface area (Å²) in [6.07, 6.45) is 3.49. The van der Waals surface area contributed by atoms with E-state index in [1.165, 1.54) is 0 Å². The maximum Gasteiger partial charge on any atom is 0.336 e. The SMILES string of the molecule is CCn1c(SCc2cc(=O)oc3cc(C)ccc23)nnc1-c1ccncc1. The number of hydrogen-bond donors (Lipinski definition) is 0. The zero-order valence-electron chi connectivity index (χ0n) is 15.0. The lowest BCUT2D eigenvalue weighted by Gasteiger charge is -2.08. The highest BCUT2D eigenvalue weighted by Gasteiger charge is 2.14. The summed E-state index contributed by atoms with van der Waals surface area (Å²) >= 11 is 1.56. The van der Waals surface area contributed by atoms with Gasteiger partial charge in [-0.2, -0.15) is 0 Å². The van der Waals surface area contributed by atoms with Crippen LogP contribution in [0.1, 0.15) is 18.1 Å². The molecule has 0 aliphatic carbocycles. The van der Waals surface area contributed by atoms with Crippen LogP contribution in [0.4, 0.5) is 0 Å². The summed E-state index contributed by atoms with van der Waals surface area (Å²) in [5.41, 5.74) is 3.25. The molecule has 0 amide bonds. The van der Waals surface area contributed by atoms with Crippen LogP contribution in [0.15, 0.2) is 63.2 Å². The van der Waals surface area contributed by atoms with E-state index in [0.717, 1.165) is 39.6 Å². The van der Waals surface area contributed by atoms with Crippen molar-refractivity contribution in [1.82, 2.24) is 19.7 Å². The van der Waals surface area contributed by atoms with E-state index in [2.05, 4.69) is 26.7 Å². The zero-order chi connectivity index (χ0) is 18.8. The Balaban J connectivity index is 1.66. The lowest BCUT2D eigenvalue weighted by Crippen LogP contribution is -2.02. The molecule has 0 N–H and O–H groups in total. The van der Waals surface area contributed by atoms with E-state index in [9.17, 15) is 4.79 Å². The van der Waals surface area contributed by atoms with Crippen LogP contribution in [-0.4, -0.2) is 19.7 Å². The van der Waals surface area contributed by atoms with Gasteiger partial charge in [-0.15, -0.1) is 10.2 Å². The molecule has 0 saturated carbocycles. The van der Waals surface area contributed by atoms with Crippen molar-refractivity contribution in [3.63, 3.8) is 0 Å². The van der Waals surface area contributed by atoms with Gasteiger partial charge in [0.25, 0.3) is 0 Å². The molecule has 0 unspecified atom stereocenters. The number of hydrogen-bond acceptors (Lipinski definition) is 6.